The largest absolute Gasteiger partial charge is 0.489 e. The molecule has 1 rings (SSSR count). The molecule has 15 heavy (non-hydrogen) atoms. The maximum Gasteiger partial charge on any atom is 0.488 e. The lowest BCUT2D eigenvalue weighted by molar-refractivity contribution is 0.350. The van der Waals surface area contributed by atoms with Gasteiger partial charge >= 0.3 is 7.12 Å². The van der Waals surface area contributed by atoms with Crippen molar-refractivity contribution in [2.75, 3.05) is 6.61 Å². The van der Waals surface area contributed by atoms with Crippen LogP contribution in [0.3, 0.4) is 0 Å². The Bertz CT molecular complexity index is 366. The number of benzene rings is 1. The van der Waals surface area contributed by atoms with Gasteiger partial charge in [-0.1, -0.05) is 6.58 Å². The first-order valence-electron chi connectivity index (χ1n) is 4.43. The van der Waals surface area contributed by atoms with Crippen LogP contribution in [0, 0.1) is 5.82 Å². The van der Waals surface area contributed by atoms with E-state index in [4.69, 9.17) is 14.8 Å². The highest BCUT2D eigenvalue weighted by molar-refractivity contribution is 6.58. The first kappa shape index (κ1) is 11.7. The Labute approximate surface area is 88.0 Å². The van der Waals surface area contributed by atoms with Gasteiger partial charge in [-0.25, -0.2) is 4.39 Å². The number of rotatable bonds is 4. The summed E-state index contributed by atoms with van der Waals surface area (Å²) < 4.78 is 18.2. The summed E-state index contributed by atoms with van der Waals surface area (Å²) in [7, 11) is -1.70. The minimum atomic E-state index is -1.70. The van der Waals surface area contributed by atoms with E-state index in [1.54, 1.807) is 6.92 Å². The van der Waals surface area contributed by atoms with Crippen molar-refractivity contribution >= 4 is 12.6 Å². The molecule has 2 N–H and O–H groups in total. The normalized spacial score (nSPS) is 9.87. The fraction of sp³-hybridized carbons (Fsp3) is 0.200. The molecule has 0 spiro atoms. The highest BCUT2D eigenvalue weighted by Gasteiger charge is 2.13. The molecule has 0 aromatic heterocycles. The Morgan fingerprint density at radius 2 is 2.13 bits per heavy atom. The minimum Gasteiger partial charge on any atom is -0.489 e. The van der Waals surface area contributed by atoms with Crippen molar-refractivity contribution in [3.63, 3.8) is 0 Å². The van der Waals surface area contributed by atoms with Crippen molar-refractivity contribution < 1.29 is 19.2 Å². The number of halogens is 1. The molecule has 0 saturated carbocycles. The predicted octanol–water partition coefficient (Wildman–Crippen LogP) is 0.460. The summed E-state index contributed by atoms with van der Waals surface area (Å²) in [4.78, 5) is 0. The molecule has 0 aliphatic heterocycles. The van der Waals surface area contributed by atoms with Crippen LogP contribution in [0.15, 0.2) is 30.4 Å². The van der Waals surface area contributed by atoms with Gasteiger partial charge in [0.25, 0.3) is 0 Å². The molecule has 0 fully saturated rings. The number of ether oxygens (including phenoxy) is 1. The van der Waals surface area contributed by atoms with Gasteiger partial charge in [0.2, 0.25) is 0 Å². The average Bonchev–Trinajstić information content (AvgIpc) is 2.13. The van der Waals surface area contributed by atoms with E-state index in [9.17, 15) is 4.39 Å². The first-order chi connectivity index (χ1) is 6.99. The van der Waals surface area contributed by atoms with Crippen molar-refractivity contribution in [3.8, 4) is 5.75 Å². The van der Waals surface area contributed by atoms with E-state index in [0.29, 0.717) is 0 Å². The Hall–Kier alpha value is -1.33. The van der Waals surface area contributed by atoms with E-state index in [-0.39, 0.29) is 17.8 Å². The van der Waals surface area contributed by atoms with Crippen LogP contribution in [0.1, 0.15) is 6.92 Å². The van der Waals surface area contributed by atoms with E-state index >= 15 is 0 Å². The summed E-state index contributed by atoms with van der Waals surface area (Å²) in [6.45, 7) is 5.68. The van der Waals surface area contributed by atoms with Gasteiger partial charge in [-0.15, -0.1) is 0 Å². The zero-order chi connectivity index (χ0) is 11.4. The molecule has 80 valence electrons. The highest BCUT2D eigenvalue weighted by atomic mass is 19.1. The molecule has 0 aliphatic carbocycles. The molecule has 3 nitrogen and oxygen atoms in total. The fourth-order valence-electron chi connectivity index (χ4n) is 1.02. The van der Waals surface area contributed by atoms with E-state index < -0.39 is 12.9 Å². The Morgan fingerprint density at radius 1 is 1.47 bits per heavy atom. The van der Waals surface area contributed by atoms with Gasteiger partial charge < -0.3 is 14.8 Å². The number of hydrogen-bond donors (Lipinski definition) is 2. The summed E-state index contributed by atoms with van der Waals surface area (Å²) in [5, 5.41) is 17.7. The molecule has 1 aromatic rings. The van der Waals surface area contributed by atoms with E-state index in [1.165, 1.54) is 12.1 Å². The van der Waals surface area contributed by atoms with E-state index in [1.807, 2.05) is 0 Å². The Balaban J connectivity index is 2.84. The molecular formula is C10H12BFO3. The smallest absolute Gasteiger partial charge is 0.488 e. The monoisotopic (exact) mass is 210 g/mol. The second-order valence-corrected chi connectivity index (χ2v) is 3.34. The van der Waals surface area contributed by atoms with Gasteiger partial charge in [-0.05, 0) is 30.1 Å². The zero-order valence-corrected chi connectivity index (χ0v) is 8.40. The molecule has 1 aromatic carbocycles. The van der Waals surface area contributed by atoms with E-state index in [0.717, 1.165) is 11.6 Å². The van der Waals surface area contributed by atoms with Crippen molar-refractivity contribution in [3.05, 3.63) is 36.2 Å². The van der Waals surface area contributed by atoms with Crippen molar-refractivity contribution in [1.82, 2.24) is 0 Å². The molecule has 0 unspecified atom stereocenters. The minimum absolute atomic E-state index is 0.0618. The van der Waals surface area contributed by atoms with Gasteiger partial charge in [0.15, 0.2) is 0 Å². The predicted molar refractivity (Wildman–Crippen MR) is 56.5 cm³/mol. The van der Waals surface area contributed by atoms with Crippen LogP contribution in [0.4, 0.5) is 4.39 Å². The summed E-state index contributed by atoms with van der Waals surface area (Å²) in [6, 6.07) is 3.59. The van der Waals surface area contributed by atoms with Gasteiger partial charge in [-0.2, -0.15) is 0 Å². The molecule has 0 heterocycles. The molecule has 0 aliphatic rings. The lowest BCUT2D eigenvalue weighted by Gasteiger charge is -2.07. The van der Waals surface area contributed by atoms with Gasteiger partial charge in [-0.3, -0.25) is 0 Å². The third kappa shape index (κ3) is 3.73. The van der Waals surface area contributed by atoms with Crippen LogP contribution >= 0.6 is 0 Å². The SMILES string of the molecule is C=C(C)COc1cc(F)cc(B(O)O)c1. The van der Waals surface area contributed by atoms with Crippen LogP contribution < -0.4 is 10.2 Å². The van der Waals surface area contributed by atoms with E-state index in [2.05, 4.69) is 6.58 Å². The van der Waals surface area contributed by atoms with Gasteiger partial charge in [0, 0.05) is 6.07 Å². The maximum absolute atomic E-state index is 13.0. The summed E-state index contributed by atoms with van der Waals surface area (Å²) in [6.07, 6.45) is 0. The van der Waals surface area contributed by atoms with Crippen molar-refractivity contribution in [2.45, 2.75) is 6.92 Å². The van der Waals surface area contributed by atoms with Crippen LogP contribution in [-0.4, -0.2) is 23.8 Å². The summed E-state index contributed by atoms with van der Waals surface area (Å²) in [5.41, 5.74) is 0.858. The molecule has 0 bridgehead atoms. The quantitative estimate of drug-likeness (QED) is 0.560. The van der Waals surface area contributed by atoms with Crippen molar-refractivity contribution in [2.24, 2.45) is 0 Å². The maximum atomic E-state index is 13.0. The standard InChI is InChI=1S/C10H12BFO3/c1-7(2)6-15-10-4-8(11(13)14)3-9(12)5-10/h3-5,13-14H,1,6H2,2H3. The first-order valence-corrected chi connectivity index (χ1v) is 4.43. The zero-order valence-electron chi connectivity index (χ0n) is 8.40. The lowest BCUT2D eigenvalue weighted by atomic mass is 9.80. The third-order valence-corrected chi connectivity index (χ3v) is 1.68. The molecule has 0 atom stereocenters. The van der Waals surface area contributed by atoms with Crippen LogP contribution in [0.25, 0.3) is 0 Å². The second kappa shape index (κ2) is 4.95. The van der Waals surface area contributed by atoms with Gasteiger partial charge in [0.05, 0.1) is 0 Å². The molecule has 0 radical (unpaired) electrons. The van der Waals surface area contributed by atoms with Crippen LogP contribution in [-0.2, 0) is 0 Å². The summed E-state index contributed by atoms with van der Waals surface area (Å²) >= 11 is 0. The van der Waals surface area contributed by atoms with Crippen LogP contribution in [0.2, 0.25) is 0 Å². The molecule has 0 saturated heterocycles. The molecular weight excluding hydrogens is 198 g/mol. The summed E-state index contributed by atoms with van der Waals surface area (Å²) in [5.74, 6) is -0.321. The highest BCUT2D eigenvalue weighted by Crippen LogP contribution is 2.11. The fourth-order valence-corrected chi connectivity index (χ4v) is 1.02. The lowest BCUT2D eigenvalue weighted by Crippen LogP contribution is -2.30. The second-order valence-electron chi connectivity index (χ2n) is 3.34. The topological polar surface area (TPSA) is 49.7 Å². The van der Waals surface area contributed by atoms with Crippen molar-refractivity contribution in [1.29, 1.82) is 0 Å². The van der Waals surface area contributed by atoms with Crippen LogP contribution in [0.5, 0.6) is 5.75 Å². The third-order valence-electron chi connectivity index (χ3n) is 1.68. The average molecular weight is 210 g/mol. The number of hydrogen-bond acceptors (Lipinski definition) is 3. The Kier molecular flexibility index (Phi) is 3.88. The molecule has 5 heteroatoms. The Morgan fingerprint density at radius 3 is 2.67 bits per heavy atom. The van der Waals surface area contributed by atoms with Gasteiger partial charge in [0.1, 0.15) is 18.2 Å². The molecule has 0 amide bonds.